The van der Waals surface area contributed by atoms with Gasteiger partial charge in [0.1, 0.15) is 0 Å². The summed E-state index contributed by atoms with van der Waals surface area (Å²) in [6.45, 7) is 1.85. The first kappa shape index (κ1) is 23.6. The number of benzene rings is 1. The van der Waals surface area contributed by atoms with Crippen LogP contribution in [0.5, 0.6) is 0 Å². The average Bonchev–Trinajstić information content (AvgIpc) is 3.22. The second kappa shape index (κ2) is 9.88. The number of nitrogens with two attached hydrogens (primary N) is 1. The summed E-state index contributed by atoms with van der Waals surface area (Å²) >= 11 is 0. The van der Waals surface area contributed by atoms with Gasteiger partial charge in [0, 0.05) is 42.3 Å². The summed E-state index contributed by atoms with van der Waals surface area (Å²) < 4.78 is 0. The molecule has 2 aromatic heterocycles. The van der Waals surface area contributed by atoms with Gasteiger partial charge in [0.2, 0.25) is 5.91 Å². The number of nitrogens with zero attached hydrogens (tertiary/aromatic N) is 4. The number of rotatable bonds is 5. The van der Waals surface area contributed by atoms with Gasteiger partial charge in [-0.2, -0.15) is 5.10 Å². The van der Waals surface area contributed by atoms with Crippen molar-refractivity contribution < 1.29 is 4.79 Å². The van der Waals surface area contributed by atoms with Crippen LogP contribution in [0.4, 0.5) is 5.69 Å². The highest BCUT2D eigenvalue weighted by Crippen LogP contribution is 2.35. The Labute approximate surface area is 187 Å². The van der Waals surface area contributed by atoms with Crippen molar-refractivity contribution in [3.05, 3.63) is 60.2 Å². The van der Waals surface area contributed by atoms with Gasteiger partial charge in [0.05, 0.1) is 5.54 Å². The molecule has 4 N–H and O–H groups in total. The van der Waals surface area contributed by atoms with Crippen molar-refractivity contribution in [2.75, 3.05) is 25.5 Å². The Balaban J connectivity index is 0.00000160. The first-order chi connectivity index (χ1) is 13.6. The summed E-state index contributed by atoms with van der Waals surface area (Å²) in [4.78, 5) is 22.7. The molecule has 1 fully saturated rings. The van der Waals surface area contributed by atoms with Crippen molar-refractivity contribution in [2.24, 2.45) is 5.73 Å². The molecule has 1 aliphatic rings. The molecule has 0 aliphatic carbocycles. The molecule has 10 heteroatoms. The summed E-state index contributed by atoms with van der Waals surface area (Å²) in [5, 5.41) is 11.2. The van der Waals surface area contributed by atoms with Gasteiger partial charge in [0.15, 0.2) is 11.6 Å². The molecule has 160 valence electrons. The largest absolute Gasteiger partial charge is 0.373 e. The minimum atomic E-state index is -0.444. The Morgan fingerprint density at radius 3 is 2.53 bits per heavy atom. The molecule has 30 heavy (non-hydrogen) atoms. The number of hydrogen-bond donors (Lipinski definition) is 3. The first-order valence-corrected chi connectivity index (χ1v) is 9.26. The van der Waals surface area contributed by atoms with E-state index in [0.29, 0.717) is 11.4 Å². The minimum Gasteiger partial charge on any atom is -0.373 e. The molecule has 0 bridgehead atoms. The second-order valence-electron chi connectivity index (χ2n) is 7.20. The highest BCUT2D eigenvalue weighted by atomic mass is 35.5. The van der Waals surface area contributed by atoms with Gasteiger partial charge in [-0.1, -0.05) is 6.07 Å². The fourth-order valence-corrected chi connectivity index (χ4v) is 3.55. The Bertz CT molecular complexity index is 972. The van der Waals surface area contributed by atoms with E-state index in [-0.39, 0.29) is 24.8 Å². The number of aromatic nitrogens is 4. The number of likely N-dealkylation sites (tertiary alicyclic amines) is 1. The second-order valence-corrected chi connectivity index (χ2v) is 7.20. The highest BCUT2D eigenvalue weighted by Gasteiger charge is 2.38. The number of carbonyl (C=O) groups is 1. The molecule has 0 unspecified atom stereocenters. The van der Waals surface area contributed by atoms with Crippen molar-refractivity contribution in [1.29, 1.82) is 0 Å². The van der Waals surface area contributed by atoms with E-state index in [0.717, 1.165) is 43.0 Å². The van der Waals surface area contributed by atoms with E-state index in [2.05, 4.69) is 32.4 Å². The molecule has 1 amide bonds. The van der Waals surface area contributed by atoms with Crippen LogP contribution in [-0.4, -0.2) is 51.1 Å². The fraction of sp³-hybridized carbons (Fsp3) is 0.300. The Hall–Kier alpha value is -2.68. The smallest absolute Gasteiger partial charge is 0.248 e. The van der Waals surface area contributed by atoms with E-state index < -0.39 is 11.4 Å². The average molecular weight is 450 g/mol. The zero-order valence-electron chi connectivity index (χ0n) is 16.5. The number of amides is 1. The molecule has 1 aromatic carbocycles. The first-order valence-electron chi connectivity index (χ1n) is 9.26. The van der Waals surface area contributed by atoms with Crippen LogP contribution in [-0.2, 0) is 5.54 Å². The van der Waals surface area contributed by atoms with E-state index >= 15 is 0 Å². The van der Waals surface area contributed by atoms with E-state index in [4.69, 9.17) is 10.7 Å². The third-order valence-electron chi connectivity index (χ3n) is 5.25. The summed E-state index contributed by atoms with van der Waals surface area (Å²) in [5.41, 5.74) is 7.26. The number of carbonyl (C=O) groups excluding carboxylic acids is 1. The van der Waals surface area contributed by atoms with Crippen molar-refractivity contribution >= 4 is 36.4 Å². The number of H-pyrrole nitrogens is 1. The Morgan fingerprint density at radius 2 is 1.87 bits per heavy atom. The van der Waals surface area contributed by atoms with Crippen LogP contribution in [0.2, 0.25) is 0 Å². The molecule has 3 heterocycles. The molecule has 0 saturated carbocycles. The molecule has 0 spiro atoms. The molecular weight excluding hydrogens is 425 g/mol. The minimum absolute atomic E-state index is 0. The van der Waals surface area contributed by atoms with Gasteiger partial charge in [0.25, 0.3) is 0 Å². The molecule has 8 nitrogen and oxygen atoms in total. The third-order valence-corrected chi connectivity index (χ3v) is 5.25. The molecular formula is C20H25Cl2N7O. The quantitative estimate of drug-likeness (QED) is 0.551. The van der Waals surface area contributed by atoms with Gasteiger partial charge < -0.3 is 16.0 Å². The zero-order chi connectivity index (χ0) is 19.6. The number of hydrogen-bond acceptors (Lipinski definition) is 6. The van der Waals surface area contributed by atoms with E-state index in [1.807, 2.05) is 24.3 Å². The van der Waals surface area contributed by atoms with Crippen molar-refractivity contribution in [1.82, 2.24) is 25.1 Å². The summed E-state index contributed by atoms with van der Waals surface area (Å²) in [7, 11) is 2.11. The number of nitrogens with one attached hydrogen (secondary N) is 2. The maximum atomic E-state index is 11.6. The van der Waals surface area contributed by atoms with Crippen LogP contribution in [0.15, 0.2) is 48.8 Å². The highest BCUT2D eigenvalue weighted by molar-refractivity contribution is 5.93. The van der Waals surface area contributed by atoms with Crippen LogP contribution < -0.4 is 11.1 Å². The Morgan fingerprint density at radius 1 is 1.17 bits per heavy atom. The lowest BCUT2D eigenvalue weighted by Crippen LogP contribution is -2.46. The number of anilines is 1. The molecule has 1 aliphatic heterocycles. The topological polar surface area (TPSA) is 113 Å². The van der Waals surface area contributed by atoms with Crippen LogP contribution in [0, 0.1) is 0 Å². The number of halogens is 2. The third kappa shape index (κ3) is 4.89. The van der Waals surface area contributed by atoms with Crippen LogP contribution in [0.25, 0.3) is 11.4 Å². The van der Waals surface area contributed by atoms with Crippen molar-refractivity contribution in [3.63, 3.8) is 0 Å². The zero-order valence-corrected chi connectivity index (χ0v) is 18.2. The van der Waals surface area contributed by atoms with Gasteiger partial charge in [-0.3, -0.25) is 14.9 Å². The molecule has 0 atom stereocenters. The van der Waals surface area contributed by atoms with E-state index in [9.17, 15) is 4.79 Å². The molecule has 4 rings (SSSR count). The number of aromatic amines is 1. The standard InChI is InChI=1S/C20H23N7O.2ClH/c1-27-11-7-20(8-12-27,24-16-4-2-3-15(13-16)17(21)28)19-23-18(25-26-19)14-5-9-22-10-6-14;;/h2-6,9-10,13,24H,7-8,11-12H2,1H3,(H2,21,28)(H,23,25,26);2*1H. The monoisotopic (exact) mass is 449 g/mol. The predicted molar refractivity (Wildman–Crippen MR) is 121 cm³/mol. The maximum absolute atomic E-state index is 11.6. The SMILES string of the molecule is CN1CCC(Nc2cccc(C(N)=O)c2)(c2nc(-c3ccncc3)n[nH]2)CC1.Cl.Cl. The molecule has 3 aromatic rings. The predicted octanol–water partition coefficient (Wildman–Crippen LogP) is 2.84. The lowest BCUT2D eigenvalue weighted by Gasteiger charge is -2.40. The molecule has 1 saturated heterocycles. The van der Waals surface area contributed by atoms with Crippen molar-refractivity contribution in [3.8, 4) is 11.4 Å². The van der Waals surface area contributed by atoms with Crippen molar-refractivity contribution in [2.45, 2.75) is 18.4 Å². The van der Waals surface area contributed by atoms with Gasteiger partial charge in [-0.15, -0.1) is 24.8 Å². The fourth-order valence-electron chi connectivity index (χ4n) is 3.55. The lowest BCUT2D eigenvalue weighted by atomic mass is 9.86. The number of primary amides is 1. The maximum Gasteiger partial charge on any atom is 0.248 e. The van der Waals surface area contributed by atoms with E-state index in [1.165, 1.54) is 0 Å². The normalized spacial score (nSPS) is 15.5. The van der Waals surface area contributed by atoms with Crippen LogP contribution in [0.1, 0.15) is 29.0 Å². The van der Waals surface area contributed by atoms with E-state index in [1.54, 1.807) is 24.5 Å². The van der Waals surface area contributed by atoms with Gasteiger partial charge in [-0.25, -0.2) is 4.98 Å². The summed E-state index contributed by atoms with van der Waals surface area (Å²) in [6, 6.07) is 11.0. The van der Waals surface area contributed by atoms with Gasteiger partial charge in [-0.05, 0) is 50.2 Å². The number of pyridine rings is 1. The molecule has 0 radical (unpaired) electrons. The van der Waals surface area contributed by atoms with Gasteiger partial charge >= 0.3 is 0 Å². The van der Waals surface area contributed by atoms with Crippen LogP contribution >= 0.6 is 24.8 Å². The number of piperidine rings is 1. The summed E-state index contributed by atoms with van der Waals surface area (Å²) in [5.74, 6) is 0.987. The Kier molecular flexibility index (Phi) is 7.77. The lowest BCUT2D eigenvalue weighted by molar-refractivity contribution is 0.100. The summed E-state index contributed by atoms with van der Waals surface area (Å²) in [6.07, 6.45) is 5.17. The van der Waals surface area contributed by atoms with Crippen LogP contribution in [0.3, 0.4) is 0 Å².